The summed E-state index contributed by atoms with van der Waals surface area (Å²) in [4.78, 5) is 11.3. The molecule has 2 aliphatic rings. The number of hydrogen-bond donors (Lipinski definition) is 0. The number of hydrogen-bond acceptors (Lipinski definition) is 4. The molecule has 23 heavy (non-hydrogen) atoms. The molecular formula is C18H24N4O. The van der Waals surface area contributed by atoms with E-state index in [1.165, 1.54) is 38.8 Å². The minimum absolute atomic E-state index is 0.553. The second-order valence-electron chi connectivity index (χ2n) is 6.50. The number of likely N-dealkylation sites (tertiary alicyclic amines) is 1. The van der Waals surface area contributed by atoms with Crippen LogP contribution in [0.15, 0.2) is 36.9 Å². The van der Waals surface area contributed by atoms with Gasteiger partial charge in [0.15, 0.2) is 0 Å². The summed E-state index contributed by atoms with van der Waals surface area (Å²) >= 11 is 0. The summed E-state index contributed by atoms with van der Waals surface area (Å²) in [5, 5.41) is 0. The fourth-order valence-electron chi connectivity index (χ4n) is 3.91. The van der Waals surface area contributed by atoms with Gasteiger partial charge in [-0.1, -0.05) is 0 Å². The van der Waals surface area contributed by atoms with Gasteiger partial charge in [-0.2, -0.15) is 0 Å². The maximum Gasteiger partial charge on any atom is 0.140 e. The van der Waals surface area contributed by atoms with Crippen LogP contribution in [0.4, 0.5) is 0 Å². The van der Waals surface area contributed by atoms with Gasteiger partial charge >= 0.3 is 0 Å². The molecular weight excluding hydrogens is 288 g/mol. The molecule has 0 aliphatic carbocycles. The topological polar surface area (TPSA) is 43.2 Å². The van der Waals surface area contributed by atoms with Gasteiger partial charge in [0, 0.05) is 68.7 Å². The highest BCUT2D eigenvalue weighted by Gasteiger charge is 2.27. The van der Waals surface area contributed by atoms with E-state index in [0.717, 1.165) is 30.6 Å². The van der Waals surface area contributed by atoms with Crippen molar-refractivity contribution in [1.82, 2.24) is 19.4 Å². The van der Waals surface area contributed by atoms with E-state index in [2.05, 4.69) is 25.6 Å². The normalized spacial score (nSPS) is 21.6. The molecule has 0 bridgehead atoms. The molecule has 2 fully saturated rings. The number of pyridine rings is 1. The molecule has 0 unspecified atom stereocenters. The van der Waals surface area contributed by atoms with E-state index in [1.807, 2.05) is 30.7 Å². The van der Waals surface area contributed by atoms with Crippen molar-refractivity contribution in [1.29, 1.82) is 0 Å². The van der Waals surface area contributed by atoms with E-state index >= 15 is 0 Å². The predicted molar refractivity (Wildman–Crippen MR) is 89.1 cm³/mol. The third-order valence-corrected chi connectivity index (χ3v) is 5.21. The maximum absolute atomic E-state index is 5.49. The lowest BCUT2D eigenvalue weighted by molar-refractivity contribution is 0.0220. The van der Waals surface area contributed by atoms with Gasteiger partial charge in [0.1, 0.15) is 5.82 Å². The summed E-state index contributed by atoms with van der Waals surface area (Å²) in [5.41, 5.74) is 1.15. The molecule has 4 heterocycles. The Morgan fingerprint density at radius 2 is 1.65 bits per heavy atom. The summed E-state index contributed by atoms with van der Waals surface area (Å²) in [6, 6.07) is 5.36. The summed E-state index contributed by atoms with van der Waals surface area (Å²) in [6.45, 7) is 4.23. The lowest BCUT2D eigenvalue weighted by atomic mass is 9.99. The van der Waals surface area contributed by atoms with E-state index in [-0.39, 0.29) is 0 Å². The minimum atomic E-state index is 0.553. The third-order valence-electron chi connectivity index (χ3n) is 5.21. The molecule has 4 rings (SSSR count). The van der Waals surface area contributed by atoms with Crippen molar-refractivity contribution in [3.63, 3.8) is 0 Å². The Morgan fingerprint density at radius 3 is 2.39 bits per heavy atom. The number of rotatable bonds is 3. The van der Waals surface area contributed by atoms with E-state index in [4.69, 9.17) is 4.74 Å². The van der Waals surface area contributed by atoms with Gasteiger partial charge in [0.05, 0.1) is 0 Å². The average molecular weight is 312 g/mol. The standard InChI is InChI=1S/C18H24N4O/c1-7-19-8-2-15(1)18-20-9-12-22(18)17-3-10-21(11-4-17)16-5-13-23-14-6-16/h1-2,7-9,12,16-17H,3-6,10-11,13-14H2. The number of piperidine rings is 1. The molecule has 2 saturated heterocycles. The average Bonchev–Trinajstić information content (AvgIpc) is 3.13. The number of nitrogens with zero attached hydrogens (tertiary/aromatic N) is 4. The molecule has 0 amide bonds. The number of imidazole rings is 1. The fourth-order valence-corrected chi connectivity index (χ4v) is 3.91. The van der Waals surface area contributed by atoms with Crippen LogP contribution in [0.25, 0.3) is 11.4 Å². The van der Waals surface area contributed by atoms with Crippen molar-refractivity contribution < 1.29 is 4.74 Å². The highest BCUT2D eigenvalue weighted by Crippen LogP contribution is 2.29. The van der Waals surface area contributed by atoms with Gasteiger partial charge in [0.2, 0.25) is 0 Å². The highest BCUT2D eigenvalue weighted by atomic mass is 16.5. The first kappa shape index (κ1) is 14.8. The van der Waals surface area contributed by atoms with Crippen LogP contribution in [0, 0.1) is 0 Å². The summed E-state index contributed by atoms with van der Waals surface area (Å²) in [7, 11) is 0. The highest BCUT2D eigenvalue weighted by molar-refractivity contribution is 5.54. The first-order chi connectivity index (χ1) is 11.4. The Labute approximate surface area is 137 Å². The third kappa shape index (κ3) is 3.16. The lowest BCUT2D eigenvalue weighted by Gasteiger charge is -2.39. The smallest absolute Gasteiger partial charge is 0.140 e. The van der Waals surface area contributed by atoms with Crippen molar-refractivity contribution in [2.75, 3.05) is 26.3 Å². The van der Waals surface area contributed by atoms with Gasteiger partial charge in [-0.25, -0.2) is 4.98 Å². The lowest BCUT2D eigenvalue weighted by Crippen LogP contribution is -2.44. The first-order valence-electron chi connectivity index (χ1n) is 8.67. The van der Waals surface area contributed by atoms with Crippen LogP contribution in [0.5, 0.6) is 0 Å². The molecule has 2 aromatic rings. The van der Waals surface area contributed by atoms with Gasteiger partial charge in [-0.3, -0.25) is 4.98 Å². The molecule has 0 radical (unpaired) electrons. The maximum atomic E-state index is 5.49. The van der Waals surface area contributed by atoms with Crippen LogP contribution in [0.1, 0.15) is 31.7 Å². The van der Waals surface area contributed by atoms with Crippen LogP contribution < -0.4 is 0 Å². The molecule has 0 atom stereocenters. The van der Waals surface area contributed by atoms with Crippen molar-refractivity contribution in [2.24, 2.45) is 0 Å². The minimum Gasteiger partial charge on any atom is -0.381 e. The molecule has 0 N–H and O–H groups in total. The fraction of sp³-hybridized carbons (Fsp3) is 0.556. The molecule has 0 aromatic carbocycles. The zero-order valence-electron chi connectivity index (χ0n) is 13.5. The Balaban J connectivity index is 1.44. The quantitative estimate of drug-likeness (QED) is 0.874. The largest absolute Gasteiger partial charge is 0.381 e. The molecule has 5 heteroatoms. The Hall–Kier alpha value is -1.72. The second kappa shape index (κ2) is 6.81. The first-order valence-corrected chi connectivity index (χ1v) is 8.67. The van der Waals surface area contributed by atoms with Gasteiger partial charge in [-0.05, 0) is 37.8 Å². The van der Waals surface area contributed by atoms with Crippen molar-refractivity contribution in [2.45, 2.75) is 37.8 Å². The van der Waals surface area contributed by atoms with E-state index in [9.17, 15) is 0 Å². The van der Waals surface area contributed by atoms with Gasteiger partial charge in [-0.15, -0.1) is 0 Å². The summed E-state index contributed by atoms with van der Waals surface area (Å²) in [6.07, 6.45) is 12.5. The Bertz CT molecular complexity index is 613. The van der Waals surface area contributed by atoms with Crippen LogP contribution in [-0.2, 0) is 4.74 Å². The zero-order chi connectivity index (χ0) is 15.5. The van der Waals surface area contributed by atoms with Crippen molar-refractivity contribution in [3.8, 4) is 11.4 Å². The SMILES string of the molecule is c1cc(-c2nccn2C2CCN(C3CCOCC3)CC2)ccn1. The Kier molecular flexibility index (Phi) is 4.39. The van der Waals surface area contributed by atoms with Gasteiger partial charge in [0.25, 0.3) is 0 Å². The molecule has 0 spiro atoms. The van der Waals surface area contributed by atoms with Crippen LogP contribution in [0.3, 0.4) is 0 Å². The molecule has 0 saturated carbocycles. The Morgan fingerprint density at radius 1 is 0.913 bits per heavy atom. The van der Waals surface area contributed by atoms with E-state index < -0.39 is 0 Å². The van der Waals surface area contributed by atoms with Crippen LogP contribution in [0.2, 0.25) is 0 Å². The monoisotopic (exact) mass is 312 g/mol. The van der Waals surface area contributed by atoms with Gasteiger partial charge < -0.3 is 14.2 Å². The predicted octanol–water partition coefficient (Wildman–Crippen LogP) is 2.76. The van der Waals surface area contributed by atoms with E-state index in [0.29, 0.717) is 6.04 Å². The number of aromatic nitrogens is 3. The second-order valence-corrected chi connectivity index (χ2v) is 6.50. The van der Waals surface area contributed by atoms with Crippen LogP contribution in [-0.4, -0.2) is 51.8 Å². The molecule has 2 aliphatic heterocycles. The molecule has 2 aromatic heterocycles. The zero-order valence-corrected chi connectivity index (χ0v) is 13.5. The van der Waals surface area contributed by atoms with E-state index in [1.54, 1.807) is 0 Å². The van der Waals surface area contributed by atoms with Crippen LogP contribution >= 0.6 is 0 Å². The van der Waals surface area contributed by atoms with Crippen molar-refractivity contribution in [3.05, 3.63) is 36.9 Å². The number of ether oxygens (including phenoxy) is 1. The van der Waals surface area contributed by atoms with Crippen molar-refractivity contribution >= 4 is 0 Å². The summed E-state index contributed by atoms with van der Waals surface area (Å²) in [5.74, 6) is 1.07. The molecule has 122 valence electrons. The molecule has 5 nitrogen and oxygen atoms in total. The summed E-state index contributed by atoms with van der Waals surface area (Å²) < 4.78 is 7.85.